The van der Waals surface area contributed by atoms with E-state index in [0.717, 1.165) is 12.8 Å². The van der Waals surface area contributed by atoms with E-state index in [2.05, 4.69) is 0 Å². The van der Waals surface area contributed by atoms with Crippen molar-refractivity contribution in [3.8, 4) is 5.75 Å². The van der Waals surface area contributed by atoms with E-state index in [1.54, 1.807) is 19.1 Å². The molecule has 0 saturated heterocycles. The molecule has 1 saturated carbocycles. The van der Waals surface area contributed by atoms with Crippen molar-refractivity contribution in [2.45, 2.75) is 51.6 Å². The number of ether oxygens (including phenoxy) is 1. The molecule has 6 heteroatoms. The van der Waals surface area contributed by atoms with Crippen molar-refractivity contribution >= 4 is 6.08 Å². The van der Waals surface area contributed by atoms with Gasteiger partial charge < -0.3 is 9.84 Å². The summed E-state index contributed by atoms with van der Waals surface area (Å²) in [5, 5.41) is 9.47. The van der Waals surface area contributed by atoms with E-state index in [-0.39, 0.29) is 35.3 Å². The van der Waals surface area contributed by atoms with Gasteiger partial charge in [-0.1, -0.05) is 30.4 Å². The summed E-state index contributed by atoms with van der Waals surface area (Å²) < 4.78 is 61.9. The van der Waals surface area contributed by atoms with Crippen LogP contribution < -0.4 is 4.74 Å². The summed E-state index contributed by atoms with van der Waals surface area (Å²) in [6, 6.07) is 5.88. The molecule has 1 fully saturated rings. The lowest BCUT2D eigenvalue weighted by Crippen LogP contribution is -2.14. The fourth-order valence-electron chi connectivity index (χ4n) is 4.02. The lowest BCUT2D eigenvalue weighted by molar-refractivity contribution is 0.192. The zero-order valence-corrected chi connectivity index (χ0v) is 17.1. The third kappa shape index (κ3) is 4.69. The van der Waals surface area contributed by atoms with Gasteiger partial charge in [-0.2, -0.15) is 4.39 Å². The number of benzene rings is 2. The molecule has 3 rings (SSSR count). The number of rotatable bonds is 6. The van der Waals surface area contributed by atoms with Gasteiger partial charge >= 0.3 is 0 Å². The second kappa shape index (κ2) is 9.65. The van der Waals surface area contributed by atoms with Crippen LogP contribution in [0.4, 0.5) is 17.6 Å². The van der Waals surface area contributed by atoms with Gasteiger partial charge in [0, 0.05) is 11.1 Å². The lowest BCUT2D eigenvalue weighted by Gasteiger charge is -2.27. The highest BCUT2D eigenvalue weighted by Gasteiger charge is 2.26. The van der Waals surface area contributed by atoms with Gasteiger partial charge in [0.1, 0.15) is 0 Å². The maximum atomic E-state index is 14.4. The number of halogens is 4. The first-order chi connectivity index (χ1) is 14.3. The summed E-state index contributed by atoms with van der Waals surface area (Å²) in [5.41, 5.74) is 0.411. The standard InChI is InChI=1S/C24H26F4O2/c1-3-30-20-13-12-19(23(27)24(20)28)16-7-4-15(5-8-16)6-9-17-10-11-18(14(2)29)22(26)21(17)25/h6,9-16,29H,3-5,7-8H2,1-2H3/b9-6+. The summed E-state index contributed by atoms with van der Waals surface area (Å²) in [7, 11) is 0. The molecule has 1 unspecified atom stereocenters. The molecule has 162 valence electrons. The van der Waals surface area contributed by atoms with Crippen molar-refractivity contribution < 1.29 is 27.4 Å². The zero-order chi connectivity index (χ0) is 21.8. The molecule has 0 aromatic heterocycles. The minimum Gasteiger partial charge on any atom is -0.491 e. The number of hydrogen-bond acceptors (Lipinski definition) is 2. The third-order valence-corrected chi connectivity index (χ3v) is 5.73. The molecule has 0 amide bonds. The van der Waals surface area contributed by atoms with Gasteiger partial charge in [-0.05, 0) is 63.0 Å². The largest absolute Gasteiger partial charge is 0.491 e. The van der Waals surface area contributed by atoms with E-state index >= 15 is 0 Å². The van der Waals surface area contributed by atoms with Crippen molar-refractivity contribution in [2.75, 3.05) is 6.61 Å². The molecule has 2 nitrogen and oxygen atoms in total. The number of allylic oxidation sites excluding steroid dienone is 1. The zero-order valence-electron chi connectivity index (χ0n) is 17.1. The quantitative estimate of drug-likeness (QED) is 0.526. The highest BCUT2D eigenvalue weighted by molar-refractivity contribution is 5.51. The molecule has 0 bridgehead atoms. The minimum absolute atomic E-state index is 0.0743. The second-order valence-electron chi connectivity index (χ2n) is 7.73. The van der Waals surface area contributed by atoms with Crippen LogP contribution in [0.1, 0.15) is 68.2 Å². The van der Waals surface area contributed by atoms with Crippen LogP contribution in [0.3, 0.4) is 0 Å². The maximum absolute atomic E-state index is 14.4. The van der Waals surface area contributed by atoms with Gasteiger partial charge in [-0.3, -0.25) is 0 Å². The molecule has 2 aromatic carbocycles. The smallest absolute Gasteiger partial charge is 0.200 e. The molecule has 1 N–H and O–H groups in total. The van der Waals surface area contributed by atoms with Crippen LogP contribution in [0, 0.1) is 29.2 Å². The molecule has 1 aliphatic rings. The average Bonchev–Trinajstić information content (AvgIpc) is 2.73. The Morgan fingerprint density at radius 1 is 0.967 bits per heavy atom. The van der Waals surface area contributed by atoms with Gasteiger partial charge in [-0.15, -0.1) is 0 Å². The van der Waals surface area contributed by atoms with Crippen LogP contribution in [0.5, 0.6) is 5.75 Å². The van der Waals surface area contributed by atoms with E-state index < -0.39 is 29.4 Å². The summed E-state index contributed by atoms with van der Waals surface area (Å²) in [4.78, 5) is 0. The SMILES string of the molecule is CCOc1ccc(C2CCC(/C=C/c3ccc(C(C)O)c(F)c3F)CC2)c(F)c1F. The first kappa shape index (κ1) is 22.3. The Labute approximate surface area is 174 Å². The Balaban J connectivity index is 1.65. The number of aliphatic hydroxyl groups is 1. The highest BCUT2D eigenvalue weighted by Crippen LogP contribution is 2.39. The van der Waals surface area contributed by atoms with Crippen molar-refractivity contribution in [3.05, 3.63) is 70.3 Å². The second-order valence-corrected chi connectivity index (χ2v) is 7.73. The van der Waals surface area contributed by atoms with Crippen LogP contribution in [-0.2, 0) is 0 Å². The fourth-order valence-corrected chi connectivity index (χ4v) is 4.02. The Hall–Kier alpha value is -2.34. The van der Waals surface area contributed by atoms with Gasteiger partial charge in [-0.25, -0.2) is 13.2 Å². The Kier molecular flexibility index (Phi) is 7.19. The Morgan fingerprint density at radius 2 is 1.67 bits per heavy atom. The van der Waals surface area contributed by atoms with E-state index in [0.29, 0.717) is 18.4 Å². The van der Waals surface area contributed by atoms with E-state index in [9.17, 15) is 22.7 Å². The van der Waals surface area contributed by atoms with Crippen molar-refractivity contribution in [2.24, 2.45) is 5.92 Å². The molecular weight excluding hydrogens is 396 g/mol. The lowest BCUT2D eigenvalue weighted by atomic mass is 9.78. The topological polar surface area (TPSA) is 29.5 Å². The molecule has 1 atom stereocenters. The van der Waals surface area contributed by atoms with E-state index in [1.807, 2.05) is 6.08 Å². The number of hydrogen-bond donors (Lipinski definition) is 1. The molecule has 0 heterocycles. The highest BCUT2D eigenvalue weighted by atomic mass is 19.2. The predicted molar refractivity (Wildman–Crippen MR) is 108 cm³/mol. The molecule has 30 heavy (non-hydrogen) atoms. The van der Waals surface area contributed by atoms with Crippen LogP contribution in [0.15, 0.2) is 30.3 Å². The summed E-state index contributed by atoms with van der Waals surface area (Å²) >= 11 is 0. The van der Waals surface area contributed by atoms with E-state index in [1.165, 1.54) is 25.1 Å². The van der Waals surface area contributed by atoms with Crippen LogP contribution in [0.25, 0.3) is 6.08 Å². The summed E-state index contributed by atoms with van der Waals surface area (Å²) in [6.07, 6.45) is 5.14. The number of aliphatic hydroxyl groups excluding tert-OH is 1. The van der Waals surface area contributed by atoms with Gasteiger partial charge in [0.25, 0.3) is 0 Å². The normalized spacial score (nSPS) is 20.5. The summed E-state index contributed by atoms with van der Waals surface area (Å²) in [5.74, 6) is -3.83. The first-order valence-electron chi connectivity index (χ1n) is 10.3. The maximum Gasteiger partial charge on any atom is 0.200 e. The van der Waals surface area contributed by atoms with Crippen LogP contribution in [-0.4, -0.2) is 11.7 Å². The third-order valence-electron chi connectivity index (χ3n) is 5.73. The minimum atomic E-state index is -1.08. The Bertz CT molecular complexity index is 916. The predicted octanol–water partition coefficient (Wildman–Crippen LogP) is 6.68. The van der Waals surface area contributed by atoms with Crippen molar-refractivity contribution in [1.29, 1.82) is 0 Å². The van der Waals surface area contributed by atoms with Crippen LogP contribution >= 0.6 is 0 Å². The molecular formula is C24H26F4O2. The van der Waals surface area contributed by atoms with Crippen molar-refractivity contribution in [3.63, 3.8) is 0 Å². The van der Waals surface area contributed by atoms with Gasteiger partial charge in [0.15, 0.2) is 23.2 Å². The molecule has 0 spiro atoms. The fraction of sp³-hybridized carbons (Fsp3) is 0.417. The van der Waals surface area contributed by atoms with Gasteiger partial charge in [0.2, 0.25) is 5.82 Å². The summed E-state index contributed by atoms with van der Waals surface area (Å²) in [6.45, 7) is 3.35. The average molecular weight is 422 g/mol. The van der Waals surface area contributed by atoms with Crippen molar-refractivity contribution in [1.82, 2.24) is 0 Å². The molecule has 2 aromatic rings. The molecule has 1 aliphatic carbocycles. The monoisotopic (exact) mass is 422 g/mol. The first-order valence-corrected chi connectivity index (χ1v) is 10.3. The Morgan fingerprint density at radius 3 is 2.30 bits per heavy atom. The molecule has 0 aliphatic heterocycles. The molecule has 0 radical (unpaired) electrons. The van der Waals surface area contributed by atoms with Crippen LogP contribution in [0.2, 0.25) is 0 Å². The van der Waals surface area contributed by atoms with Gasteiger partial charge in [0.05, 0.1) is 12.7 Å². The van der Waals surface area contributed by atoms with E-state index in [4.69, 9.17) is 4.74 Å².